The first kappa shape index (κ1) is 19.6. The third kappa shape index (κ3) is 4.82. The van der Waals surface area contributed by atoms with Gasteiger partial charge in [0.25, 0.3) is 0 Å². The maximum Gasteiger partial charge on any atom is 0.236 e. The summed E-state index contributed by atoms with van der Waals surface area (Å²) >= 11 is 0. The molecule has 0 spiro atoms. The van der Waals surface area contributed by atoms with Gasteiger partial charge in [-0.2, -0.15) is 0 Å². The van der Waals surface area contributed by atoms with Gasteiger partial charge in [0.2, 0.25) is 5.91 Å². The highest BCUT2D eigenvalue weighted by atomic mass is 16.2. The number of aromatic nitrogens is 1. The molecule has 1 aromatic carbocycles. The lowest BCUT2D eigenvalue weighted by Gasteiger charge is -2.37. The Morgan fingerprint density at radius 1 is 0.862 bits per heavy atom. The molecule has 4 rings (SSSR count). The van der Waals surface area contributed by atoms with Gasteiger partial charge < -0.3 is 9.80 Å². The molecular formula is C23H28N4O2. The fraction of sp³-hybridized carbons (Fsp3) is 0.435. The van der Waals surface area contributed by atoms with Crippen molar-refractivity contribution < 1.29 is 9.59 Å². The summed E-state index contributed by atoms with van der Waals surface area (Å²) in [5.41, 5.74) is 0.799. The standard InChI is InChI=1S/C23H28N4O2/c28-22(27-16-14-26(15-17-27)21-8-4-5-11-24-21)18-25-12-9-20(10-13-25)23(29)19-6-2-1-3-7-19/h1-8,11,20H,9-10,12-18H2. The number of likely N-dealkylation sites (tertiary alicyclic amines) is 1. The van der Waals surface area contributed by atoms with Gasteiger partial charge in [-0.3, -0.25) is 14.5 Å². The Hall–Kier alpha value is -2.73. The summed E-state index contributed by atoms with van der Waals surface area (Å²) < 4.78 is 0. The van der Waals surface area contributed by atoms with Gasteiger partial charge in [-0.25, -0.2) is 4.98 Å². The predicted octanol–water partition coefficient (Wildman–Crippen LogP) is 2.33. The molecule has 2 aromatic rings. The Bertz CT molecular complexity index is 811. The summed E-state index contributed by atoms with van der Waals surface area (Å²) in [6.07, 6.45) is 3.46. The molecule has 1 amide bonds. The van der Waals surface area contributed by atoms with Crippen molar-refractivity contribution >= 4 is 17.5 Å². The van der Waals surface area contributed by atoms with Crippen LogP contribution >= 0.6 is 0 Å². The second-order valence-corrected chi connectivity index (χ2v) is 7.84. The largest absolute Gasteiger partial charge is 0.353 e. The zero-order valence-electron chi connectivity index (χ0n) is 16.7. The van der Waals surface area contributed by atoms with Crippen LogP contribution in [0.5, 0.6) is 0 Å². The Labute approximate surface area is 172 Å². The zero-order valence-corrected chi connectivity index (χ0v) is 16.7. The van der Waals surface area contributed by atoms with Crippen molar-refractivity contribution in [3.8, 4) is 0 Å². The van der Waals surface area contributed by atoms with Gasteiger partial charge in [0.05, 0.1) is 6.54 Å². The maximum absolute atomic E-state index is 12.7. The van der Waals surface area contributed by atoms with Crippen LogP contribution in [-0.4, -0.2) is 72.3 Å². The van der Waals surface area contributed by atoms with E-state index in [0.29, 0.717) is 6.54 Å². The van der Waals surface area contributed by atoms with Gasteiger partial charge in [0.15, 0.2) is 5.78 Å². The number of carbonyl (C=O) groups excluding carboxylic acids is 2. The summed E-state index contributed by atoms with van der Waals surface area (Å²) in [6.45, 7) is 5.17. The first-order valence-electron chi connectivity index (χ1n) is 10.5. The molecule has 6 nitrogen and oxygen atoms in total. The number of piperazine rings is 1. The van der Waals surface area contributed by atoms with Crippen molar-refractivity contribution in [1.29, 1.82) is 0 Å². The molecule has 2 saturated heterocycles. The molecule has 2 aliphatic heterocycles. The number of Topliss-reactive ketones (excluding diaryl/α,β-unsaturated/α-hetero) is 1. The molecule has 6 heteroatoms. The lowest BCUT2D eigenvalue weighted by molar-refractivity contribution is -0.133. The normalized spacial score (nSPS) is 18.6. The van der Waals surface area contributed by atoms with Crippen molar-refractivity contribution in [2.75, 3.05) is 50.7 Å². The number of piperidine rings is 1. The molecule has 0 aliphatic carbocycles. The molecule has 0 radical (unpaired) electrons. The molecule has 152 valence electrons. The average Bonchev–Trinajstić information content (AvgIpc) is 2.80. The Morgan fingerprint density at radius 3 is 2.21 bits per heavy atom. The lowest BCUT2D eigenvalue weighted by Crippen LogP contribution is -2.52. The molecule has 0 bridgehead atoms. The van der Waals surface area contributed by atoms with Crippen LogP contribution < -0.4 is 4.90 Å². The summed E-state index contributed by atoms with van der Waals surface area (Å²) in [6, 6.07) is 15.5. The minimum absolute atomic E-state index is 0.0747. The zero-order chi connectivity index (χ0) is 20.1. The highest BCUT2D eigenvalue weighted by Crippen LogP contribution is 2.22. The molecular weight excluding hydrogens is 364 g/mol. The number of ketones is 1. The van der Waals surface area contributed by atoms with Crippen LogP contribution in [0.2, 0.25) is 0 Å². The summed E-state index contributed by atoms with van der Waals surface area (Å²) in [5, 5.41) is 0. The summed E-state index contributed by atoms with van der Waals surface area (Å²) in [5.74, 6) is 1.48. The molecule has 29 heavy (non-hydrogen) atoms. The van der Waals surface area contributed by atoms with Gasteiger partial charge in [0.1, 0.15) is 5.82 Å². The number of nitrogens with zero attached hydrogens (tertiary/aromatic N) is 4. The number of anilines is 1. The van der Waals surface area contributed by atoms with E-state index in [1.807, 2.05) is 53.4 Å². The first-order chi connectivity index (χ1) is 14.2. The van der Waals surface area contributed by atoms with Crippen LogP contribution in [0.4, 0.5) is 5.82 Å². The average molecular weight is 393 g/mol. The molecule has 2 aliphatic rings. The minimum Gasteiger partial charge on any atom is -0.353 e. The molecule has 0 atom stereocenters. The maximum atomic E-state index is 12.7. The summed E-state index contributed by atoms with van der Waals surface area (Å²) in [7, 11) is 0. The lowest BCUT2D eigenvalue weighted by atomic mass is 9.89. The van der Waals surface area contributed by atoms with Crippen LogP contribution in [-0.2, 0) is 4.79 Å². The van der Waals surface area contributed by atoms with Crippen LogP contribution in [0.1, 0.15) is 23.2 Å². The van der Waals surface area contributed by atoms with Crippen LogP contribution in [0, 0.1) is 5.92 Å². The summed E-state index contributed by atoms with van der Waals surface area (Å²) in [4.78, 5) is 36.1. The minimum atomic E-state index is 0.0747. The monoisotopic (exact) mass is 392 g/mol. The van der Waals surface area contributed by atoms with E-state index in [2.05, 4.69) is 14.8 Å². The first-order valence-corrected chi connectivity index (χ1v) is 10.5. The number of carbonyl (C=O) groups is 2. The van der Waals surface area contributed by atoms with Crippen LogP contribution in [0.25, 0.3) is 0 Å². The highest BCUT2D eigenvalue weighted by Gasteiger charge is 2.28. The topological polar surface area (TPSA) is 56.8 Å². The third-order valence-corrected chi connectivity index (χ3v) is 5.98. The van der Waals surface area contributed by atoms with Crippen LogP contribution in [0.15, 0.2) is 54.7 Å². The number of hydrogen-bond acceptors (Lipinski definition) is 5. The fourth-order valence-electron chi connectivity index (χ4n) is 4.21. The second kappa shape index (κ2) is 9.18. The predicted molar refractivity (Wildman–Crippen MR) is 113 cm³/mol. The van der Waals surface area contributed by atoms with Crippen molar-refractivity contribution in [3.05, 3.63) is 60.3 Å². The Morgan fingerprint density at radius 2 is 1.55 bits per heavy atom. The molecule has 1 aromatic heterocycles. The van der Waals surface area contributed by atoms with E-state index in [4.69, 9.17) is 0 Å². The Kier molecular flexibility index (Phi) is 6.20. The number of benzene rings is 1. The van der Waals surface area contributed by atoms with Gasteiger partial charge in [0, 0.05) is 43.9 Å². The van der Waals surface area contributed by atoms with Gasteiger partial charge in [-0.05, 0) is 38.1 Å². The number of rotatable bonds is 5. The molecule has 2 fully saturated rings. The molecule has 0 saturated carbocycles. The smallest absolute Gasteiger partial charge is 0.236 e. The van der Waals surface area contributed by atoms with E-state index in [1.54, 1.807) is 6.20 Å². The number of amides is 1. The molecule has 0 unspecified atom stereocenters. The van der Waals surface area contributed by atoms with Crippen LogP contribution in [0.3, 0.4) is 0 Å². The number of hydrogen-bond donors (Lipinski definition) is 0. The quantitative estimate of drug-likeness (QED) is 0.731. The molecule has 3 heterocycles. The Balaban J connectivity index is 1.22. The van der Waals surface area contributed by atoms with E-state index < -0.39 is 0 Å². The SMILES string of the molecule is O=C(c1ccccc1)C1CCN(CC(=O)N2CCN(c3ccccn3)CC2)CC1. The van der Waals surface area contributed by atoms with Crippen molar-refractivity contribution in [2.45, 2.75) is 12.8 Å². The van der Waals surface area contributed by atoms with Crippen molar-refractivity contribution in [3.63, 3.8) is 0 Å². The van der Waals surface area contributed by atoms with E-state index in [1.165, 1.54) is 0 Å². The van der Waals surface area contributed by atoms with Crippen molar-refractivity contribution in [1.82, 2.24) is 14.8 Å². The van der Waals surface area contributed by atoms with Gasteiger partial charge in [-0.15, -0.1) is 0 Å². The third-order valence-electron chi connectivity index (χ3n) is 5.98. The van der Waals surface area contributed by atoms with Gasteiger partial charge >= 0.3 is 0 Å². The molecule has 0 N–H and O–H groups in total. The fourth-order valence-corrected chi connectivity index (χ4v) is 4.21. The van der Waals surface area contributed by atoms with E-state index in [0.717, 1.165) is 63.5 Å². The highest BCUT2D eigenvalue weighted by molar-refractivity contribution is 5.97. The number of pyridine rings is 1. The van der Waals surface area contributed by atoms with Gasteiger partial charge in [-0.1, -0.05) is 36.4 Å². The van der Waals surface area contributed by atoms with E-state index >= 15 is 0 Å². The van der Waals surface area contributed by atoms with E-state index in [-0.39, 0.29) is 17.6 Å². The second-order valence-electron chi connectivity index (χ2n) is 7.84. The van der Waals surface area contributed by atoms with E-state index in [9.17, 15) is 9.59 Å². The van der Waals surface area contributed by atoms with Crippen molar-refractivity contribution in [2.24, 2.45) is 5.92 Å².